The van der Waals surface area contributed by atoms with Crippen LogP contribution in [0.25, 0.3) is 0 Å². The summed E-state index contributed by atoms with van der Waals surface area (Å²) in [5, 5.41) is 0. The number of rotatable bonds is 3. The Morgan fingerprint density at radius 2 is 1.92 bits per heavy atom. The van der Waals surface area contributed by atoms with Gasteiger partial charge in [-0.15, -0.1) is 6.58 Å². The maximum Gasteiger partial charge on any atom is 0.126 e. The van der Waals surface area contributed by atoms with Crippen LogP contribution in [0.3, 0.4) is 0 Å². The standard InChI is InChI=1S/C12H15F/c1-4-5-6-11-7-9(2)10(3)8-12(11)13/h4,7-8H,1,5-6H2,2-3H3. The number of benzene rings is 1. The van der Waals surface area contributed by atoms with Crippen LogP contribution in [0.15, 0.2) is 24.8 Å². The van der Waals surface area contributed by atoms with Gasteiger partial charge in [0.1, 0.15) is 5.82 Å². The summed E-state index contributed by atoms with van der Waals surface area (Å²) in [6.45, 7) is 7.56. The van der Waals surface area contributed by atoms with Gasteiger partial charge in [-0.3, -0.25) is 0 Å². The SMILES string of the molecule is C=CCCc1cc(C)c(C)cc1F. The quantitative estimate of drug-likeness (QED) is 0.621. The van der Waals surface area contributed by atoms with Crippen molar-refractivity contribution in [3.05, 3.63) is 47.3 Å². The van der Waals surface area contributed by atoms with Gasteiger partial charge in [0.05, 0.1) is 0 Å². The van der Waals surface area contributed by atoms with Crippen molar-refractivity contribution in [2.75, 3.05) is 0 Å². The van der Waals surface area contributed by atoms with E-state index < -0.39 is 0 Å². The summed E-state index contributed by atoms with van der Waals surface area (Å²) in [5.41, 5.74) is 2.96. The summed E-state index contributed by atoms with van der Waals surface area (Å²) in [7, 11) is 0. The second-order valence-corrected chi connectivity index (χ2v) is 3.36. The summed E-state index contributed by atoms with van der Waals surface area (Å²) in [6.07, 6.45) is 3.39. The maximum absolute atomic E-state index is 13.3. The lowest BCUT2D eigenvalue weighted by molar-refractivity contribution is 0.607. The molecule has 0 aliphatic rings. The maximum atomic E-state index is 13.3. The summed E-state index contributed by atoms with van der Waals surface area (Å²) in [6, 6.07) is 3.53. The van der Waals surface area contributed by atoms with Crippen LogP contribution in [0, 0.1) is 19.7 Å². The highest BCUT2D eigenvalue weighted by atomic mass is 19.1. The molecule has 0 aliphatic carbocycles. The predicted molar refractivity (Wildman–Crippen MR) is 54.4 cm³/mol. The first-order valence-electron chi connectivity index (χ1n) is 4.51. The van der Waals surface area contributed by atoms with Crippen LogP contribution in [-0.2, 0) is 6.42 Å². The fourth-order valence-electron chi connectivity index (χ4n) is 1.29. The Hall–Kier alpha value is -1.11. The van der Waals surface area contributed by atoms with Crippen molar-refractivity contribution in [1.82, 2.24) is 0 Å². The predicted octanol–water partition coefficient (Wildman–Crippen LogP) is 3.56. The minimum absolute atomic E-state index is 0.0926. The van der Waals surface area contributed by atoms with Crippen molar-refractivity contribution in [2.45, 2.75) is 26.7 Å². The molecular weight excluding hydrogens is 163 g/mol. The molecule has 1 heteroatoms. The number of halogens is 1. The van der Waals surface area contributed by atoms with Gasteiger partial charge in [-0.2, -0.15) is 0 Å². The normalized spacial score (nSPS) is 10.1. The molecule has 0 spiro atoms. The Balaban J connectivity index is 2.94. The lowest BCUT2D eigenvalue weighted by Gasteiger charge is -2.05. The topological polar surface area (TPSA) is 0 Å². The summed E-state index contributed by atoms with van der Waals surface area (Å²) < 4.78 is 13.3. The summed E-state index contributed by atoms with van der Waals surface area (Å²) in [5.74, 6) is -0.0926. The van der Waals surface area contributed by atoms with E-state index in [2.05, 4.69) is 6.58 Å². The van der Waals surface area contributed by atoms with Crippen molar-refractivity contribution in [2.24, 2.45) is 0 Å². The van der Waals surface area contributed by atoms with Crippen molar-refractivity contribution >= 4 is 0 Å². The molecule has 70 valence electrons. The van der Waals surface area contributed by atoms with Gasteiger partial charge in [0, 0.05) is 0 Å². The highest BCUT2D eigenvalue weighted by Crippen LogP contribution is 2.16. The third kappa shape index (κ3) is 2.41. The molecule has 1 rings (SSSR count). The van der Waals surface area contributed by atoms with Crippen LogP contribution < -0.4 is 0 Å². The molecule has 0 heterocycles. The lowest BCUT2D eigenvalue weighted by Crippen LogP contribution is -1.93. The molecule has 0 fully saturated rings. The van der Waals surface area contributed by atoms with Gasteiger partial charge >= 0.3 is 0 Å². The molecule has 0 nitrogen and oxygen atoms in total. The van der Waals surface area contributed by atoms with Crippen LogP contribution in [0.5, 0.6) is 0 Å². The molecule has 0 aromatic heterocycles. The zero-order valence-corrected chi connectivity index (χ0v) is 8.23. The van der Waals surface area contributed by atoms with E-state index in [1.54, 1.807) is 6.07 Å². The van der Waals surface area contributed by atoms with Crippen molar-refractivity contribution < 1.29 is 4.39 Å². The Labute approximate surface area is 79.1 Å². The third-order valence-corrected chi connectivity index (χ3v) is 2.28. The average Bonchev–Trinajstić information content (AvgIpc) is 2.09. The Morgan fingerprint density at radius 3 is 2.54 bits per heavy atom. The Bertz CT molecular complexity index is 313. The van der Waals surface area contributed by atoms with E-state index in [-0.39, 0.29) is 5.82 Å². The van der Waals surface area contributed by atoms with Crippen LogP contribution in [-0.4, -0.2) is 0 Å². The zero-order chi connectivity index (χ0) is 9.84. The van der Waals surface area contributed by atoms with E-state index in [4.69, 9.17) is 0 Å². The highest BCUT2D eigenvalue weighted by Gasteiger charge is 2.03. The van der Waals surface area contributed by atoms with Gasteiger partial charge in [0.2, 0.25) is 0 Å². The van der Waals surface area contributed by atoms with Crippen molar-refractivity contribution in [3.8, 4) is 0 Å². The molecule has 0 aliphatic heterocycles. The second-order valence-electron chi connectivity index (χ2n) is 3.36. The van der Waals surface area contributed by atoms with Gasteiger partial charge in [-0.1, -0.05) is 12.1 Å². The molecule has 0 saturated carbocycles. The van der Waals surface area contributed by atoms with Crippen LogP contribution >= 0.6 is 0 Å². The highest BCUT2D eigenvalue weighted by molar-refractivity contribution is 5.31. The monoisotopic (exact) mass is 178 g/mol. The first-order chi connectivity index (χ1) is 6.15. The van der Waals surface area contributed by atoms with E-state index in [0.29, 0.717) is 0 Å². The molecule has 0 unspecified atom stereocenters. The number of aryl methyl sites for hydroxylation is 3. The summed E-state index contributed by atoms with van der Waals surface area (Å²) in [4.78, 5) is 0. The first-order valence-corrected chi connectivity index (χ1v) is 4.51. The van der Waals surface area contributed by atoms with Gasteiger partial charge < -0.3 is 0 Å². The largest absolute Gasteiger partial charge is 0.207 e. The van der Waals surface area contributed by atoms with E-state index in [0.717, 1.165) is 29.5 Å². The Morgan fingerprint density at radius 1 is 1.31 bits per heavy atom. The molecule has 0 N–H and O–H groups in total. The molecule has 0 atom stereocenters. The van der Waals surface area contributed by atoms with Crippen LogP contribution in [0.2, 0.25) is 0 Å². The number of hydrogen-bond acceptors (Lipinski definition) is 0. The van der Waals surface area contributed by atoms with Crippen molar-refractivity contribution in [1.29, 1.82) is 0 Å². The molecule has 0 radical (unpaired) electrons. The van der Waals surface area contributed by atoms with E-state index >= 15 is 0 Å². The molecule has 1 aromatic carbocycles. The summed E-state index contributed by atoms with van der Waals surface area (Å²) >= 11 is 0. The fraction of sp³-hybridized carbons (Fsp3) is 0.333. The Kier molecular flexibility index (Phi) is 3.24. The third-order valence-electron chi connectivity index (χ3n) is 2.28. The number of hydrogen-bond donors (Lipinski definition) is 0. The van der Waals surface area contributed by atoms with E-state index in [1.807, 2.05) is 26.0 Å². The molecule has 1 aromatic rings. The van der Waals surface area contributed by atoms with Crippen molar-refractivity contribution in [3.63, 3.8) is 0 Å². The molecule has 13 heavy (non-hydrogen) atoms. The van der Waals surface area contributed by atoms with Gasteiger partial charge in [0.25, 0.3) is 0 Å². The smallest absolute Gasteiger partial charge is 0.126 e. The van der Waals surface area contributed by atoms with E-state index in [9.17, 15) is 4.39 Å². The first kappa shape index (κ1) is 9.97. The fourth-order valence-corrected chi connectivity index (χ4v) is 1.29. The number of allylic oxidation sites excluding steroid dienone is 1. The minimum atomic E-state index is -0.0926. The second kappa shape index (κ2) is 4.22. The molecule has 0 saturated heterocycles. The molecule has 0 bridgehead atoms. The molecular formula is C12H15F. The van der Waals surface area contributed by atoms with Crippen LogP contribution in [0.1, 0.15) is 23.1 Å². The van der Waals surface area contributed by atoms with E-state index in [1.165, 1.54) is 0 Å². The average molecular weight is 178 g/mol. The van der Waals surface area contributed by atoms with Gasteiger partial charge in [-0.25, -0.2) is 4.39 Å². The van der Waals surface area contributed by atoms with Crippen LogP contribution in [0.4, 0.5) is 4.39 Å². The van der Waals surface area contributed by atoms with Gasteiger partial charge in [0.15, 0.2) is 0 Å². The minimum Gasteiger partial charge on any atom is -0.207 e. The zero-order valence-electron chi connectivity index (χ0n) is 8.23. The van der Waals surface area contributed by atoms with Gasteiger partial charge in [-0.05, 0) is 49.4 Å². The lowest BCUT2D eigenvalue weighted by atomic mass is 10.0. The molecule has 0 amide bonds.